The summed E-state index contributed by atoms with van der Waals surface area (Å²) >= 11 is 0. The second-order valence-electron chi connectivity index (χ2n) is 6.03. The Balaban J connectivity index is 2.01. The third-order valence-electron chi connectivity index (χ3n) is 4.25. The molecule has 23 heavy (non-hydrogen) atoms. The molecule has 0 unspecified atom stereocenters. The minimum absolute atomic E-state index is 0.677. The van der Waals surface area contributed by atoms with E-state index in [0.29, 0.717) is 6.54 Å². The van der Waals surface area contributed by atoms with Gasteiger partial charge in [-0.15, -0.1) is 0 Å². The minimum atomic E-state index is 0.677. The molecule has 0 bridgehead atoms. The van der Waals surface area contributed by atoms with Gasteiger partial charge in [-0.2, -0.15) is 5.10 Å². The third kappa shape index (κ3) is 3.06. The lowest BCUT2D eigenvalue weighted by atomic mass is 10.0. The average Bonchev–Trinajstić information content (AvgIpc) is 2.84. The Labute approximate surface area is 137 Å². The zero-order chi connectivity index (χ0) is 16.4. The lowest BCUT2D eigenvalue weighted by Gasteiger charge is -2.07. The number of benzene rings is 2. The van der Waals surface area contributed by atoms with Gasteiger partial charge in [-0.3, -0.25) is 0 Å². The van der Waals surface area contributed by atoms with Crippen LogP contribution in [-0.4, -0.2) is 16.3 Å². The first kappa shape index (κ1) is 15.5. The van der Waals surface area contributed by atoms with E-state index in [1.54, 1.807) is 0 Å². The zero-order valence-corrected chi connectivity index (χ0v) is 14.0. The van der Waals surface area contributed by atoms with Crippen molar-refractivity contribution >= 4 is 0 Å². The molecule has 0 aliphatic carbocycles. The van der Waals surface area contributed by atoms with Gasteiger partial charge in [-0.05, 0) is 57.0 Å². The highest BCUT2D eigenvalue weighted by Gasteiger charge is 2.14. The predicted molar refractivity (Wildman–Crippen MR) is 96.0 cm³/mol. The maximum atomic E-state index is 5.61. The molecular weight excluding hydrogens is 282 g/mol. The maximum Gasteiger partial charge on any atom is 0.0679 e. The Morgan fingerprint density at radius 1 is 0.913 bits per heavy atom. The van der Waals surface area contributed by atoms with Crippen LogP contribution in [0.2, 0.25) is 0 Å². The van der Waals surface area contributed by atoms with Crippen LogP contribution in [0.15, 0.2) is 48.5 Å². The molecule has 1 aromatic heterocycles. The quantitative estimate of drug-likeness (QED) is 0.792. The normalized spacial score (nSPS) is 11.0. The van der Waals surface area contributed by atoms with E-state index in [1.165, 1.54) is 22.3 Å². The van der Waals surface area contributed by atoms with E-state index in [4.69, 9.17) is 10.8 Å². The summed E-state index contributed by atoms with van der Waals surface area (Å²) in [6.45, 7) is 6.98. The van der Waals surface area contributed by atoms with Crippen LogP contribution < -0.4 is 5.73 Å². The smallest absolute Gasteiger partial charge is 0.0679 e. The molecule has 0 aliphatic heterocycles. The number of hydrogen-bond acceptors (Lipinski definition) is 2. The van der Waals surface area contributed by atoms with Crippen LogP contribution >= 0.6 is 0 Å². The Kier molecular flexibility index (Phi) is 4.30. The topological polar surface area (TPSA) is 43.8 Å². The molecule has 1 heterocycles. The van der Waals surface area contributed by atoms with E-state index in [1.807, 2.05) is 4.68 Å². The number of nitrogens with two attached hydrogens (primary N) is 1. The third-order valence-corrected chi connectivity index (χ3v) is 4.25. The van der Waals surface area contributed by atoms with Gasteiger partial charge >= 0.3 is 0 Å². The van der Waals surface area contributed by atoms with Crippen LogP contribution in [0.1, 0.15) is 22.5 Å². The average molecular weight is 305 g/mol. The molecule has 3 heteroatoms. The Hall–Kier alpha value is -2.39. The van der Waals surface area contributed by atoms with Gasteiger partial charge in [0.1, 0.15) is 0 Å². The molecule has 0 radical (unpaired) electrons. The van der Waals surface area contributed by atoms with Crippen molar-refractivity contribution in [1.82, 2.24) is 9.78 Å². The standard InChI is InChI=1S/C20H23N3/c1-14-4-8-18(9-5-14)20-15(2)22-23(16(20)3)19-10-6-17(7-11-19)12-13-21/h4-11H,12-13,21H2,1-3H3. The first-order valence-corrected chi connectivity index (χ1v) is 8.03. The predicted octanol–water partition coefficient (Wildman–Crippen LogP) is 3.97. The van der Waals surface area contributed by atoms with Crippen molar-refractivity contribution in [3.63, 3.8) is 0 Å². The summed E-state index contributed by atoms with van der Waals surface area (Å²) in [6.07, 6.45) is 0.909. The molecule has 3 rings (SSSR count). The zero-order valence-electron chi connectivity index (χ0n) is 14.0. The van der Waals surface area contributed by atoms with Crippen molar-refractivity contribution in [3.05, 3.63) is 71.0 Å². The molecule has 0 saturated carbocycles. The molecule has 2 N–H and O–H groups in total. The van der Waals surface area contributed by atoms with Gasteiger partial charge in [0.25, 0.3) is 0 Å². The first-order chi connectivity index (χ1) is 11.1. The molecule has 3 aromatic rings. The number of rotatable bonds is 4. The molecule has 0 aliphatic rings. The Morgan fingerprint density at radius 3 is 2.17 bits per heavy atom. The molecular formula is C20H23N3. The van der Waals surface area contributed by atoms with Crippen LogP contribution in [0.3, 0.4) is 0 Å². The van der Waals surface area contributed by atoms with Gasteiger partial charge in [-0.25, -0.2) is 4.68 Å². The minimum Gasteiger partial charge on any atom is -0.330 e. The summed E-state index contributed by atoms with van der Waals surface area (Å²) in [7, 11) is 0. The van der Waals surface area contributed by atoms with E-state index >= 15 is 0 Å². The number of aromatic nitrogens is 2. The first-order valence-electron chi connectivity index (χ1n) is 8.03. The second-order valence-corrected chi connectivity index (χ2v) is 6.03. The van der Waals surface area contributed by atoms with Gasteiger partial charge in [-0.1, -0.05) is 42.0 Å². The lowest BCUT2D eigenvalue weighted by Crippen LogP contribution is -2.03. The number of hydrogen-bond donors (Lipinski definition) is 1. The summed E-state index contributed by atoms with van der Waals surface area (Å²) in [4.78, 5) is 0. The Morgan fingerprint density at radius 2 is 1.57 bits per heavy atom. The van der Waals surface area contributed by atoms with Crippen LogP contribution in [0.4, 0.5) is 0 Å². The highest BCUT2D eigenvalue weighted by Crippen LogP contribution is 2.28. The lowest BCUT2D eigenvalue weighted by molar-refractivity contribution is 0.832. The van der Waals surface area contributed by atoms with E-state index in [2.05, 4.69) is 69.3 Å². The summed E-state index contributed by atoms with van der Waals surface area (Å²) in [5, 5.41) is 4.75. The van der Waals surface area contributed by atoms with Gasteiger partial charge in [0, 0.05) is 11.3 Å². The van der Waals surface area contributed by atoms with E-state index in [9.17, 15) is 0 Å². The van der Waals surface area contributed by atoms with E-state index < -0.39 is 0 Å². The summed E-state index contributed by atoms with van der Waals surface area (Å²) in [5.74, 6) is 0. The molecule has 0 spiro atoms. The Bertz CT molecular complexity index is 796. The van der Waals surface area contributed by atoms with Crippen LogP contribution in [-0.2, 0) is 6.42 Å². The van der Waals surface area contributed by atoms with Crippen LogP contribution in [0.5, 0.6) is 0 Å². The van der Waals surface area contributed by atoms with Gasteiger partial charge < -0.3 is 5.73 Å². The van der Waals surface area contributed by atoms with Crippen molar-refractivity contribution in [2.24, 2.45) is 5.73 Å². The molecule has 0 atom stereocenters. The summed E-state index contributed by atoms with van der Waals surface area (Å²) in [6, 6.07) is 17.1. The van der Waals surface area contributed by atoms with Crippen LogP contribution in [0, 0.1) is 20.8 Å². The van der Waals surface area contributed by atoms with Crippen molar-refractivity contribution in [2.45, 2.75) is 27.2 Å². The summed E-state index contributed by atoms with van der Waals surface area (Å²) < 4.78 is 2.02. The molecule has 0 fully saturated rings. The fourth-order valence-corrected chi connectivity index (χ4v) is 3.00. The SMILES string of the molecule is Cc1ccc(-c2c(C)nn(-c3ccc(CCN)cc3)c2C)cc1. The fraction of sp³-hybridized carbons (Fsp3) is 0.250. The van der Waals surface area contributed by atoms with Crippen LogP contribution in [0.25, 0.3) is 16.8 Å². The molecule has 3 nitrogen and oxygen atoms in total. The fourth-order valence-electron chi connectivity index (χ4n) is 3.00. The summed E-state index contributed by atoms with van der Waals surface area (Å²) in [5.41, 5.74) is 13.9. The van der Waals surface area contributed by atoms with Crippen molar-refractivity contribution in [2.75, 3.05) is 6.54 Å². The molecule has 118 valence electrons. The maximum absolute atomic E-state index is 5.61. The molecule has 2 aromatic carbocycles. The van der Waals surface area contributed by atoms with Gasteiger partial charge in [0.15, 0.2) is 0 Å². The van der Waals surface area contributed by atoms with Gasteiger partial charge in [0.2, 0.25) is 0 Å². The largest absolute Gasteiger partial charge is 0.330 e. The van der Waals surface area contributed by atoms with E-state index in [0.717, 1.165) is 23.5 Å². The highest BCUT2D eigenvalue weighted by atomic mass is 15.3. The highest BCUT2D eigenvalue weighted by molar-refractivity contribution is 5.69. The van der Waals surface area contributed by atoms with Crippen molar-refractivity contribution in [1.29, 1.82) is 0 Å². The monoisotopic (exact) mass is 305 g/mol. The molecule has 0 saturated heterocycles. The number of aryl methyl sites for hydroxylation is 2. The molecule has 0 amide bonds. The van der Waals surface area contributed by atoms with Crippen molar-refractivity contribution in [3.8, 4) is 16.8 Å². The van der Waals surface area contributed by atoms with Crippen molar-refractivity contribution < 1.29 is 0 Å². The van der Waals surface area contributed by atoms with Gasteiger partial charge in [0.05, 0.1) is 11.4 Å². The van der Waals surface area contributed by atoms with E-state index in [-0.39, 0.29) is 0 Å². The number of nitrogens with zero attached hydrogens (tertiary/aromatic N) is 2. The second kappa shape index (κ2) is 6.39.